The van der Waals surface area contributed by atoms with Crippen LogP contribution in [0.4, 0.5) is 0 Å². The number of rotatable bonds is 2. The summed E-state index contributed by atoms with van der Waals surface area (Å²) in [6.45, 7) is 1.24. The van der Waals surface area contributed by atoms with Gasteiger partial charge in [-0.3, -0.25) is 0 Å². The van der Waals surface area contributed by atoms with Gasteiger partial charge in [-0.05, 0) is 30.2 Å². The molecule has 1 nitrogen and oxygen atoms in total. The van der Waals surface area contributed by atoms with Crippen molar-refractivity contribution < 1.29 is 0 Å². The van der Waals surface area contributed by atoms with Gasteiger partial charge in [0, 0.05) is 24.3 Å². The quantitative estimate of drug-likeness (QED) is 0.664. The zero-order valence-corrected chi connectivity index (χ0v) is 7.68. The third-order valence-electron chi connectivity index (χ3n) is 2.48. The van der Waals surface area contributed by atoms with E-state index < -0.39 is 0 Å². The maximum Gasteiger partial charge on any atom is 0.0519 e. The fraction of sp³-hybridized carbons (Fsp3) is 0.400. The van der Waals surface area contributed by atoms with Gasteiger partial charge in [-0.2, -0.15) is 0 Å². The molecule has 1 saturated carbocycles. The molecule has 2 heteroatoms. The lowest BCUT2D eigenvalue weighted by Gasteiger charge is -1.97. The smallest absolute Gasteiger partial charge is 0.0519 e. The Bertz CT molecular complexity index is 366. The van der Waals surface area contributed by atoms with Gasteiger partial charge >= 0.3 is 0 Å². The van der Waals surface area contributed by atoms with Crippen molar-refractivity contribution in [2.24, 2.45) is 5.92 Å². The van der Waals surface area contributed by atoms with Crippen LogP contribution in [0.5, 0.6) is 0 Å². The van der Waals surface area contributed by atoms with Crippen LogP contribution in [0, 0.1) is 5.92 Å². The monoisotopic (exact) mass is 177 g/mol. The van der Waals surface area contributed by atoms with E-state index in [0.717, 1.165) is 5.92 Å². The number of nitrogens with zero attached hydrogens (tertiary/aromatic N) is 1. The zero-order chi connectivity index (χ0) is 7.97. The lowest BCUT2D eigenvalue weighted by molar-refractivity contribution is 0.632. The Morgan fingerprint density at radius 2 is 2.33 bits per heavy atom. The van der Waals surface area contributed by atoms with Gasteiger partial charge in [-0.15, -0.1) is 11.3 Å². The Kier molecular flexibility index (Phi) is 1.32. The molecule has 1 fully saturated rings. The second kappa shape index (κ2) is 2.36. The van der Waals surface area contributed by atoms with Gasteiger partial charge in [0.15, 0.2) is 0 Å². The lowest BCUT2D eigenvalue weighted by atomic mass is 10.4. The van der Waals surface area contributed by atoms with E-state index in [9.17, 15) is 0 Å². The minimum Gasteiger partial charge on any atom is -0.352 e. The molecule has 2 aromatic rings. The van der Waals surface area contributed by atoms with Crippen LogP contribution in [-0.2, 0) is 6.54 Å². The third kappa shape index (κ3) is 1.07. The van der Waals surface area contributed by atoms with E-state index in [-0.39, 0.29) is 0 Å². The minimum absolute atomic E-state index is 0.978. The molecule has 0 spiro atoms. The van der Waals surface area contributed by atoms with Gasteiger partial charge in [0.05, 0.1) is 4.70 Å². The Labute approximate surface area is 75.6 Å². The lowest BCUT2D eigenvalue weighted by Crippen LogP contribution is -1.94. The summed E-state index contributed by atoms with van der Waals surface area (Å²) >= 11 is 1.83. The van der Waals surface area contributed by atoms with Crippen molar-refractivity contribution in [1.82, 2.24) is 4.57 Å². The summed E-state index contributed by atoms with van der Waals surface area (Å²) < 4.78 is 3.77. The molecule has 0 aliphatic heterocycles. The van der Waals surface area contributed by atoms with E-state index in [1.807, 2.05) is 11.3 Å². The fourth-order valence-electron chi connectivity index (χ4n) is 1.61. The van der Waals surface area contributed by atoms with E-state index in [1.54, 1.807) is 0 Å². The molecule has 0 saturated heterocycles. The van der Waals surface area contributed by atoms with Crippen molar-refractivity contribution >= 4 is 21.4 Å². The highest BCUT2D eigenvalue weighted by Crippen LogP contribution is 2.32. The molecule has 0 bridgehead atoms. The van der Waals surface area contributed by atoms with Crippen LogP contribution in [0.25, 0.3) is 10.1 Å². The van der Waals surface area contributed by atoms with Gasteiger partial charge in [0.2, 0.25) is 0 Å². The Morgan fingerprint density at radius 3 is 3.08 bits per heavy atom. The SMILES string of the molecule is c1cc2cn(CC3CC3)cc2s1. The molecule has 12 heavy (non-hydrogen) atoms. The number of thiophene rings is 1. The van der Waals surface area contributed by atoms with E-state index in [2.05, 4.69) is 28.4 Å². The highest BCUT2D eigenvalue weighted by Gasteiger charge is 2.21. The van der Waals surface area contributed by atoms with Crippen LogP contribution in [0.3, 0.4) is 0 Å². The molecular formula is C10H11NS. The molecule has 0 unspecified atom stereocenters. The van der Waals surface area contributed by atoms with Crippen LogP contribution in [0.2, 0.25) is 0 Å². The highest BCUT2D eigenvalue weighted by atomic mass is 32.1. The summed E-state index contributed by atoms with van der Waals surface area (Å²) in [5, 5.41) is 3.56. The standard InChI is InChI=1S/C10H11NS/c1-2-8(1)5-11-6-9-3-4-12-10(9)7-11/h3-4,6-8H,1-2,5H2. The van der Waals surface area contributed by atoms with Gasteiger partial charge in [-0.1, -0.05) is 0 Å². The van der Waals surface area contributed by atoms with Gasteiger partial charge in [0.25, 0.3) is 0 Å². The summed E-state index contributed by atoms with van der Waals surface area (Å²) in [5.74, 6) is 0.978. The van der Waals surface area contributed by atoms with Crippen molar-refractivity contribution in [3.63, 3.8) is 0 Å². The fourth-order valence-corrected chi connectivity index (χ4v) is 2.43. The van der Waals surface area contributed by atoms with Crippen molar-refractivity contribution in [2.45, 2.75) is 19.4 Å². The van der Waals surface area contributed by atoms with E-state index in [1.165, 1.54) is 29.5 Å². The average Bonchev–Trinajstić information content (AvgIpc) is 2.56. The number of fused-ring (bicyclic) bond motifs is 1. The third-order valence-corrected chi connectivity index (χ3v) is 3.35. The summed E-state index contributed by atoms with van der Waals surface area (Å²) in [4.78, 5) is 0. The summed E-state index contributed by atoms with van der Waals surface area (Å²) in [7, 11) is 0. The maximum atomic E-state index is 2.35. The van der Waals surface area contributed by atoms with Crippen molar-refractivity contribution in [3.8, 4) is 0 Å². The number of hydrogen-bond acceptors (Lipinski definition) is 1. The van der Waals surface area contributed by atoms with E-state index >= 15 is 0 Å². The maximum absolute atomic E-state index is 2.35. The molecule has 1 aliphatic carbocycles. The molecule has 0 radical (unpaired) electrons. The van der Waals surface area contributed by atoms with Crippen LogP contribution in [0.15, 0.2) is 23.8 Å². The van der Waals surface area contributed by atoms with Crippen molar-refractivity contribution in [2.75, 3.05) is 0 Å². The molecule has 62 valence electrons. The molecule has 1 aliphatic rings. The second-order valence-corrected chi connectivity index (χ2v) is 4.59. The summed E-state index contributed by atoms with van der Waals surface area (Å²) in [5.41, 5.74) is 0. The Morgan fingerprint density at radius 1 is 1.42 bits per heavy atom. The zero-order valence-electron chi connectivity index (χ0n) is 6.86. The molecule has 3 rings (SSSR count). The van der Waals surface area contributed by atoms with Crippen LogP contribution in [0.1, 0.15) is 12.8 Å². The number of aromatic nitrogens is 1. The predicted octanol–water partition coefficient (Wildman–Crippen LogP) is 3.11. The van der Waals surface area contributed by atoms with E-state index in [4.69, 9.17) is 0 Å². The molecule has 0 amide bonds. The highest BCUT2D eigenvalue weighted by molar-refractivity contribution is 7.17. The predicted molar refractivity (Wildman–Crippen MR) is 52.5 cm³/mol. The first kappa shape index (κ1) is 6.72. The average molecular weight is 177 g/mol. The first-order chi connectivity index (χ1) is 5.92. The van der Waals surface area contributed by atoms with Crippen LogP contribution in [-0.4, -0.2) is 4.57 Å². The normalized spacial score (nSPS) is 17.3. The molecule has 0 N–H and O–H groups in total. The minimum atomic E-state index is 0.978. The van der Waals surface area contributed by atoms with Gasteiger partial charge in [0.1, 0.15) is 0 Å². The molecule has 0 atom stereocenters. The summed E-state index contributed by atoms with van der Waals surface area (Å²) in [6.07, 6.45) is 7.42. The molecule has 0 aromatic carbocycles. The van der Waals surface area contributed by atoms with Crippen LogP contribution >= 0.6 is 11.3 Å². The first-order valence-electron chi connectivity index (χ1n) is 4.45. The largest absolute Gasteiger partial charge is 0.352 e. The summed E-state index contributed by atoms with van der Waals surface area (Å²) in [6, 6.07) is 2.20. The van der Waals surface area contributed by atoms with Crippen molar-refractivity contribution in [1.29, 1.82) is 0 Å². The Balaban J connectivity index is 1.97. The number of hydrogen-bond donors (Lipinski definition) is 0. The molecule has 2 heterocycles. The first-order valence-corrected chi connectivity index (χ1v) is 5.33. The topological polar surface area (TPSA) is 4.93 Å². The van der Waals surface area contributed by atoms with Gasteiger partial charge in [-0.25, -0.2) is 0 Å². The van der Waals surface area contributed by atoms with Gasteiger partial charge < -0.3 is 4.57 Å². The molecule has 2 aromatic heterocycles. The molecular weight excluding hydrogens is 166 g/mol. The second-order valence-electron chi connectivity index (χ2n) is 3.64. The van der Waals surface area contributed by atoms with Crippen LogP contribution < -0.4 is 0 Å². The Hall–Kier alpha value is -0.760. The van der Waals surface area contributed by atoms with Crippen molar-refractivity contribution in [3.05, 3.63) is 23.8 Å². The van der Waals surface area contributed by atoms with E-state index in [0.29, 0.717) is 0 Å².